The Balaban J connectivity index is 2.82. The van der Waals surface area contributed by atoms with Gasteiger partial charge in [-0.3, -0.25) is 4.90 Å². The molecule has 0 saturated carbocycles. The molecule has 1 rings (SSSR count). The molecule has 5 N–H and O–H groups in total. The summed E-state index contributed by atoms with van der Waals surface area (Å²) >= 11 is 0. The van der Waals surface area contributed by atoms with Crippen LogP contribution in [0.3, 0.4) is 0 Å². The highest BCUT2D eigenvalue weighted by atomic mass is 16.4. The Bertz CT molecular complexity index is 173. The largest absolute Gasteiger partial charge is 0.395 e. The van der Waals surface area contributed by atoms with Gasteiger partial charge >= 0.3 is 0 Å². The lowest BCUT2D eigenvalue weighted by atomic mass is 9.89. The molecule has 6 heteroatoms. The van der Waals surface area contributed by atoms with Crippen LogP contribution in [0.25, 0.3) is 0 Å². The molecule has 0 aromatic carbocycles. The van der Waals surface area contributed by atoms with Crippen molar-refractivity contribution in [3.63, 3.8) is 0 Å². The molecule has 1 aliphatic rings. The van der Waals surface area contributed by atoms with Crippen molar-refractivity contribution >= 4 is 0 Å². The van der Waals surface area contributed by atoms with E-state index in [1.165, 1.54) is 4.90 Å². The highest BCUT2D eigenvalue weighted by Crippen LogP contribution is 2.22. The lowest BCUT2D eigenvalue weighted by Gasteiger charge is -2.46. The highest BCUT2D eigenvalue weighted by Gasteiger charge is 2.45. The number of hydrogen-bond donors (Lipinski definition) is 5. The van der Waals surface area contributed by atoms with E-state index in [1.807, 2.05) is 0 Å². The van der Waals surface area contributed by atoms with Gasteiger partial charge in [0.15, 0.2) is 0 Å². The van der Waals surface area contributed by atoms with Crippen LogP contribution in [-0.4, -0.2) is 81.1 Å². The molecule has 1 heterocycles. The maximum absolute atomic E-state index is 9.50. The van der Waals surface area contributed by atoms with Crippen LogP contribution < -0.4 is 0 Å². The second-order valence-corrected chi connectivity index (χ2v) is 3.64. The average molecular weight is 207 g/mol. The number of likely N-dealkylation sites (tertiary alicyclic amines) is 1. The zero-order chi connectivity index (χ0) is 10.9. The van der Waals surface area contributed by atoms with Crippen molar-refractivity contribution in [2.75, 3.05) is 20.3 Å². The number of aliphatic hydroxyl groups excluding tert-OH is 5. The van der Waals surface area contributed by atoms with Crippen molar-refractivity contribution in [2.45, 2.75) is 30.4 Å². The fourth-order valence-corrected chi connectivity index (χ4v) is 1.86. The summed E-state index contributed by atoms with van der Waals surface area (Å²) in [4.78, 5) is 1.47. The zero-order valence-electron chi connectivity index (χ0n) is 7.98. The lowest BCUT2D eigenvalue weighted by Crippen LogP contribution is -2.67. The number of rotatable bonds is 2. The van der Waals surface area contributed by atoms with Crippen molar-refractivity contribution < 1.29 is 25.5 Å². The summed E-state index contributed by atoms with van der Waals surface area (Å²) in [6.45, 7) is -0.671. The minimum absolute atomic E-state index is 0.335. The number of aliphatic hydroxyl groups is 5. The van der Waals surface area contributed by atoms with Crippen molar-refractivity contribution in [3.05, 3.63) is 0 Å². The fraction of sp³-hybridized carbons (Fsp3) is 1.00. The lowest BCUT2D eigenvalue weighted by molar-refractivity contribution is -0.171. The molecule has 84 valence electrons. The maximum Gasteiger partial charge on any atom is 0.109 e. The summed E-state index contributed by atoms with van der Waals surface area (Å²) < 4.78 is 0. The Labute approximate surface area is 82.0 Å². The van der Waals surface area contributed by atoms with E-state index in [0.717, 1.165) is 0 Å². The van der Waals surface area contributed by atoms with Gasteiger partial charge in [-0.2, -0.15) is 0 Å². The van der Waals surface area contributed by atoms with Crippen molar-refractivity contribution in [1.29, 1.82) is 0 Å². The van der Waals surface area contributed by atoms with E-state index < -0.39 is 30.4 Å². The molecule has 14 heavy (non-hydrogen) atoms. The van der Waals surface area contributed by atoms with Crippen LogP contribution in [0.1, 0.15) is 0 Å². The third-order valence-electron chi connectivity index (χ3n) is 2.91. The molecule has 6 nitrogen and oxygen atoms in total. The van der Waals surface area contributed by atoms with Crippen molar-refractivity contribution in [1.82, 2.24) is 4.90 Å². The number of nitrogens with zero attached hydrogens (tertiary/aromatic N) is 1. The van der Waals surface area contributed by atoms with Gasteiger partial charge in [-0.25, -0.2) is 0 Å². The molecule has 1 saturated heterocycles. The number of likely N-dealkylation sites (N-methyl/N-ethyl adjacent to an activating group) is 1. The van der Waals surface area contributed by atoms with E-state index in [0.29, 0.717) is 0 Å². The highest BCUT2D eigenvalue weighted by molar-refractivity contribution is 4.98. The van der Waals surface area contributed by atoms with Gasteiger partial charge in [0.2, 0.25) is 0 Å². The Kier molecular flexibility index (Phi) is 3.82. The molecule has 0 radical (unpaired) electrons. The Morgan fingerprint density at radius 1 is 0.857 bits per heavy atom. The van der Waals surface area contributed by atoms with Gasteiger partial charge in [0, 0.05) is 0 Å². The second kappa shape index (κ2) is 4.52. The Morgan fingerprint density at radius 3 is 1.50 bits per heavy atom. The van der Waals surface area contributed by atoms with Crippen LogP contribution in [0.5, 0.6) is 0 Å². The standard InChI is InChI=1S/C8H17NO5/c1-9-4(2-10)6(12)8(14)7(13)5(9)3-11/h4-8,10-14H,2-3H2,1H3. The van der Waals surface area contributed by atoms with Gasteiger partial charge in [-0.05, 0) is 7.05 Å². The topological polar surface area (TPSA) is 104 Å². The maximum atomic E-state index is 9.50. The summed E-state index contributed by atoms with van der Waals surface area (Å²) in [7, 11) is 1.57. The predicted octanol–water partition coefficient (Wildman–Crippen LogP) is -3.26. The molecule has 0 bridgehead atoms. The van der Waals surface area contributed by atoms with Crippen molar-refractivity contribution in [3.8, 4) is 0 Å². The Morgan fingerprint density at radius 2 is 1.21 bits per heavy atom. The van der Waals surface area contributed by atoms with E-state index in [9.17, 15) is 15.3 Å². The van der Waals surface area contributed by atoms with Crippen LogP contribution >= 0.6 is 0 Å². The smallest absolute Gasteiger partial charge is 0.109 e. The van der Waals surface area contributed by atoms with E-state index in [2.05, 4.69) is 0 Å². The van der Waals surface area contributed by atoms with Crippen LogP contribution in [-0.2, 0) is 0 Å². The molecule has 4 unspecified atom stereocenters. The van der Waals surface area contributed by atoms with Crippen LogP contribution in [0.4, 0.5) is 0 Å². The molecule has 0 amide bonds. The van der Waals surface area contributed by atoms with Gasteiger partial charge in [-0.1, -0.05) is 0 Å². The van der Waals surface area contributed by atoms with Crippen molar-refractivity contribution in [2.24, 2.45) is 0 Å². The second-order valence-electron chi connectivity index (χ2n) is 3.64. The van der Waals surface area contributed by atoms with Gasteiger partial charge in [0.25, 0.3) is 0 Å². The molecule has 0 aliphatic carbocycles. The van der Waals surface area contributed by atoms with Crippen LogP contribution in [0.2, 0.25) is 0 Å². The van der Waals surface area contributed by atoms with Gasteiger partial charge in [0.05, 0.1) is 25.3 Å². The third-order valence-corrected chi connectivity index (χ3v) is 2.91. The average Bonchev–Trinajstić information content (AvgIpc) is 2.16. The van der Waals surface area contributed by atoms with Gasteiger partial charge in [-0.15, -0.1) is 0 Å². The summed E-state index contributed by atoms with van der Waals surface area (Å²) in [6.07, 6.45) is -3.74. The van der Waals surface area contributed by atoms with Crippen LogP contribution in [0, 0.1) is 0 Å². The SMILES string of the molecule is CN1C(CO)C(O)C(O)C(O)C1CO. The third kappa shape index (κ3) is 1.77. The molecule has 0 aromatic heterocycles. The molecular formula is C8H17NO5. The zero-order valence-corrected chi connectivity index (χ0v) is 7.98. The summed E-state index contributed by atoms with van der Waals surface area (Å²) in [5.41, 5.74) is 0. The van der Waals surface area contributed by atoms with E-state index in [1.54, 1.807) is 7.05 Å². The first-order valence-electron chi connectivity index (χ1n) is 4.52. The monoisotopic (exact) mass is 207 g/mol. The first-order valence-corrected chi connectivity index (χ1v) is 4.52. The summed E-state index contributed by atoms with van der Waals surface area (Å²) in [6, 6.07) is -1.32. The summed E-state index contributed by atoms with van der Waals surface area (Å²) in [5.74, 6) is 0. The molecular weight excluding hydrogens is 190 g/mol. The minimum atomic E-state index is -1.33. The summed E-state index contributed by atoms with van der Waals surface area (Å²) in [5, 5.41) is 46.4. The minimum Gasteiger partial charge on any atom is -0.395 e. The van der Waals surface area contributed by atoms with Gasteiger partial charge < -0.3 is 25.5 Å². The molecule has 1 fully saturated rings. The number of piperidine rings is 1. The quantitative estimate of drug-likeness (QED) is 0.325. The molecule has 4 atom stereocenters. The predicted molar refractivity (Wildman–Crippen MR) is 47.5 cm³/mol. The first-order chi connectivity index (χ1) is 6.54. The molecule has 0 aromatic rings. The Hall–Kier alpha value is -0.240. The number of hydrogen-bond acceptors (Lipinski definition) is 6. The molecule has 1 aliphatic heterocycles. The molecule has 0 spiro atoms. The van der Waals surface area contributed by atoms with Crippen LogP contribution in [0.15, 0.2) is 0 Å². The van der Waals surface area contributed by atoms with E-state index >= 15 is 0 Å². The van der Waals surface area contributed by atoms with E-state index in [4.69, 9.17) is 10.2 Å². The fourth-order valence-electron chi connectivity index (χ4n) is 1.86. The van der Waals surface area contributed by atoms with E-state index in [-0.39, 0.29) is 13.2 Å². The normalized spacial score (nSPS) is 45.4. The van der Waals surface area contributed by atoms with Gasteiger partial charge in [0.1, 0.15) is 18.3 Å². The first kappa shape index (κ1) is 11.8.